The van der Waals surface area contributed by atoms with Crippen molar-refractivity contribution in [2.45, 2.75) is 51.1 Å². The van der Waals surface area contributed by atoms with Crippen molar-refractivity contribution in [3.63, 3.8) is 0 Å². The molecule has 2 fully saturated rings. The third-order valence-electron chi connectivity index (χ3n) is 3.41. The SMILES string of the molecule is CC1CCCC(CNS(=O)(=O)CC2CC2)N1. The van der Waals surface area contributed by atoms with Crippen LogP contribution in [0.2, 0.25) is 0 Å². The summed E-state index contributed by atoms with van der Waals surface area (Å²) in [5, 5.41) is 3.43. The van der Waals surface area contributed by atoms with E-state index in [2.05, 4.69) is 17.0 Å². The monoisotopic (exact) mass is 246 g/mol. The summed E-state index contributed by atoms with van der Waals surface area (Å²) in [6.07, 6.45) is 5.64. The minimum Gasteiger partial charge on any atom is -0.310 e. The van der Waals surface area contributed by atoms with Gasteiger partial charge in [-0.15, -0.1) is 0 Å². The van der Waals surface area contributed by atoms with Crippen LogP contribution in [0.3, 0.4) is 0 Å². The molecule has 1 saturated carbocycles. The fourth-order valence-electron chi connectivity index (χ4n) is 2.28. The molecule has 4 nitrogen and oxygen atoms in total. The molecular formula is C11H22N2O2S. The lowest BCUT2D eigenvalue weighted by atomic mass is 10.00. The molecule has 0 aromatic rings. The van der Waals surface area contributed by atoms with Crippen molar-refractivity contribution in [1.29, 1.82) is 0 Å². The molecule has 2 N–H and O–H groups in total. The molecule has 1 aliphatic carbocycles. The predicted octanol–water partition coefficient (Wildman–Crippen LogP) is 0.846. The van der Waals surface area contributed by atoms with Gasteiger partial charge in [0.1, 0.15) is 0 Å². The molecule has 2 aliphatic rings. The zero-order valence-electron chi connectivity index (χ0n) is 9.91. The van der Waals surface area contributed by atoms with Crippen LogP contribution in [0.25, 0.3) is 0 Å². The van der Waals surface area contributed by atoms with Gasteiger partial charge in [-0.2, -0.15) is 0 Å². The van der Waals surface area contributed by atoms with Gasteiger partial charge in [0.15, 0.2) is 0 Å². The summed E-state index contributed by atoms with van der Waals surface area (Å²) >= 11 is 0. The number of hydrogen-bond acceptors (Lipinski definition) is 3. The van der Waals surface area contributed by atoms with Crippen molar-refractivity contribution in [2.24, 2.45) is 5.92 Å². The van der Waals surface area contributed by atoms with E-state index >= 15 is 0 Å². The lowest BCUT2D eigenvalue weighted by Crippen LogP contribution is -2.47. The Balaban J connectivity index is 1.72. The molecule has 0 radical (unpaired) electrons. The minimum atomic E-state index is -3.03. The average Bonchev–Trinajstić information content (AvgIpc) is 2.98. The second-order valence-corrected chi connectivity index (χ2v) is 7.12. The summed E-state index contributed by atoms with van der Waals surface area (Å²) in [6.45, 7) is 2.71. The van der Waals surface area contributed by atoms with Crippen LogP contribution in [-0.2, 0) is 10.0 Å². The maximum Gasteiger partial charge on any atom is 0.211 e. The van der Waals surface area contributed by atoms with E-state index in [-0.39, 0.29) is 0 Å². The van der Waals surface area contributed by atoms with Gasteiger partial charge in [-0.3, -0.25) is 0 Å². The zero-order chi connectivity index (χ0) is 11.6. The Hall–Kier alpha value is -0.130. The van der Waals surface area contributed by atoms with Gasteiger partial charge in [0.2, 0.25) is 10.0 Å². The molecule has 1 heterocycles. The van der Waals surface area contributed by atoms with E-state index in [0.717, 1.165) is 19.3 Å². The van der Waals surface area contributed by atoms with E-state index in [1.165, 1.54) is 12.8 Å². The third-order valence-corrected chi connectivity index (χ3v) is 4.93. The molecule has 2 atom stereocenters. The van der Waals surface area contributed by atoms with Gasteiger partial charge in [-0.1, -0.05) is 6.42 Å². The van der Waals surface area contributed by atoms with Gasteiger partial charge < -0.3 is 5.32 Å². The van der Waals surface area contributed by atoms with Crippen LogP contribution < -0.4 is 10.0 Å². The number of nitrogens with one attached hydrogen (secondary N) is 2. The minimum absolute atomic E-state index is 0.317. The first kappa shape index (κ1) is 12.3. The molecule has 5 heteroatoms. The van der Waals surface area contributed by atoms with Crippen molar-refractivity contribution < 1.29 is 8.42 Å². The normalized spacial score (nSPS) is 31.6. The molecule has 0 aromatic heterocycles. The lowest BCUT2D eigenvalue weighted by Gasteiger charge is -2.28. The molecule has 1 aliphatic heterocycles. The van der Waals surface area contributed by atoms with Gasteiger partial charge >= 0.3 is 0 Å². The first-order chi connectivity index (χ1) is 7.55. The van der Waals surface area contributed by atoms with Gasteiger partial charge in [-0.25, -0.2) is 13.1 Å². The predicted molar refractivity (Wildman–Crippen MR) is 64.8 cm³/mol. The standard InChI is InChI=1S/C11H22N2O2S/c1-9-3-2-4-11(13-9)7-12-16(14,15)8-10-5-6-10/h9-13H,2-8H2,1H3. The van der Waals surface area contributed by atoms with E-state index < -0.39 is 10.0 Å². The third kappa shape index (κ3) is 4.03. The lowest BCUT2D eigenvalue weighted by molar-refractivity contribution is 0.334. The van der Waals surface area contributed by atoms with Gasteiger partial charge in [0, 0.05) is 18.6 Å². The molecule has 16 heavy (non-hydrogen) atoms. The molecule has 0 aromatic carbocycles. The summed E-state index contributed by atoms with van der Waals surface area (Å²) in [7, 11) is -3.03. The Bertz CT molecular complexity index is 325. The molecule has 0 bridgehead atoms. The van der Waals surface area contributed by atoms with Crippen molar-refractivity contribution in [3.8, 4) is 0 Å². The van der Waals surface area contributed by atoms with E-state index in [9.17, 15) is 8.42 Å². The average molecular weight is 246 g/mol. The van der Waals surface area contributed by atoms with Gasteiger partial charge in [-0.05, 0) is 38.5 Å². The first-order valence-corrected chi connectivity index (χ1v) is 7.94. The largest absolute Gasteiger partial charge is 0.310 e. The first-order valence-electron chi connectivity index (χ1n) is 6.28. The maximum atomic E-state index is 11.7. The zero-order valence-corrected chi connectivity index (χ0v) is 10.7. The van der Waals surface area contributed by atoms with Gasteiger partial charge in [0.25, 0.3) is 0 Å². The highest BCUT2D eigenvalue weighted by Gasteiger charge is 2.28. The van der Waals surface area contributed by atoms with Crippen molar-refractivity contribution in [3.05, 3.63) is 0 Å². The van der Waals surface area contributed by atoms with E-state index in [1.54, 1.807) is 0 Å². The van der Waals surface area contributed by atoms with Crippen LogP contribution >= 0.6 is 0 Å². The van der Waals surface area contributed by atoms with Crippen LogP contribution in [0.5, 0.6) is 0 Å². The topological polar surface area (TPSA) is 58.2 Å². The molecule has 2 unspecified atom stereocenters. The molecular weight excluding hydrogens is 224 g/mol. The second kappa shape index (κ2) is 5.02. The molecule has 0 amide bonds. The van der Waals surface area contributed by atoms with Crippen LogP contribution in [0, 0.1) is 5.92 Å². The Labute approximate surface area is 98.2 Å². The molecule has 1 saturated heterocycles. The molecule has 94 valence electrons. The quantitative estimate of drug-likeness (QED) is 0.756. The summed E-state index contributed by atoms with van der Waals surface area (Å²) < 4.78 is 26.1. The van der Waals surface area contributed by atoms with Gasteiger partial charge in [0.05, 0.1) is 5.75 Å². The van der Waals surface area contributed by atoms with Crippen molar-refractivity contribution >= 4 is 10.0 Å². The highest BCUT2D eigenvalue weighted by molar-refractivity contribution is 7.89. The summed E-state index contributed by atoms with van der Waals surface area (Å²) in [5.74, 6) is 0.755. The Morgan fingerprint density at radius 3 is 2.62 bits per heavy atom. The summed E-state index contributed by atoms with van der Waals surface area (Å²) in [6, 6.07) is 0.837. The number of piperidine rings is 1. The molecule has 0 spiro atoms. The Morgan fingerprint density at radius 2 is 2.00 bits per heavy atom. The van der Waals surface area contributed by atoms with E-state index in [1.807, 2.05) is 0 Å². The van der Waals surface area contributed by atoms with Crippen LogP contribution in [-0.4, -0.2) is 32.8 Å². The van der Waals surface area contributed by atoms with E-state index in [0.29, 0.717) is 30.3 Å². The Morgan fingerprint density at radius 1 is 1.25 bits per heavy atom. The highest BCUT2D eigenvalue weighted by atomic mass is 32.2. The van der Waals surface area contributed by atoms with Crippen LogP contribution in [0.4, 0.5) is 0 Å². The van der Waals surface area contributed by atoms with E-state index in [4.69, 9.17) is 0 Å². The second-order valence-electron chi connectivity index (χ2n) is 5.27. The number of hydrogen-bond donors (Lipinski definition) is 2. The van der Waals surface area contributed by atoms with Crippen LogP contribution in [0.1, 0.15) is 39.0 Å². The molecule has 2 rings (SSSR count). The van der Waals surface area contributed by atoms with Crippen molar-refractivity contribution in [1.82, 2.24) is 10.0 Å². The highest BCUT2D eigenvalue weighted by Crippen LogP contribution is 2.29. The fraction of sp³-hybridized carbons (Fsp3) is 1.00. The smallest absolute Gasteiger partial charge is 0.211 e. The maximum absolute atomic E-state index is 11.7. The fourth-order valence-corrected chi connectivity index (χ4v) is 3.81. The number of sulfonamides is 1. The Kier molecular flexibility index (Phi) is 3.87. The van der Waals surface area contributed by atoms with Crippen molar-refractivity contribution in [2.75, 3.05) is 12.3 Å². The number of rotatable bonds is 5. The summed E-state index contributed by atoms with van der Waals surface area (Å²) in [5.41, 5.74) is 0. The van der Waals surface area contributed by atoms with Crippen LogP contribution in [0.15, 0.2) is 0 Å². The summed E-state index contributed by atoms with van der Waals surface area (Å²) in [4.78, 5) is 0.